The summed E-state index contributed by atoms with van der Waals surface area (Å²) in [6, 6.07) is 17.1. The van der Waals surface area contributed by atoms with Gasteiger partial charge in [-0.1, -0.05) is 43.3 Å². The Hall–Kier alpha value is -1.84. The van der Waals surface area contributed by atoms with Crippen molar-refractivity contribution in [1.82, 2.24) is 4.57 Å². The van der Waals surface area contributed by atoms with Crippen LogP contribution >= 0.6 is 0 Å². The second-order valence-corrected chi connectivity index (χ2v) is 6.31. The van der Waals surface area contributed by atoms with Crippen LogP contribution in [0.15, 0.2) is 48.5 Å². The molecule has 4 rings (SSSR count). The zero-order valence-corrected chi connectivity index (χ0v) is 13.1. The Morgan fingerprint density at radius 1 is 1.05 bits per heavy atom. The maximum absolute atomic E-state index is 6.13. The number of hydrogen-bond acceptors (Lipinski definition) is 2. The molecule has 3 aromatic rings. The van der Waals surface area contributed by atoms with Crippen molar-refractivity contribution in [2.45, 2.75) is 38.7 Å². The molecule has 0 spiro atoms. The summed E-state index contributed by atoms with van der Waals surface area (Å²) in [7, 11) is 0. The lowest BCUT2D eigenvalue weighted by molar-refractivity contribution is -0.0916. The van der Waals surface area contributed by atoms with Crippen LogP contribution in [0.3, 0.4) is 0 Å². The van der Waals surface area contributed by atoms with Crippen LogP contribution in [0.1, 0.15) is 20.3 Å². The van der Waals surface area contributed by atoms with Crippen LogP contribution in [-0.4, -0.2) is 23.1 Å². The fourth-order valence-corrected chi connectivity index (χ4v) is 3.28. The molecule has 2 aromatic carbocycles. The third-order valence-electron chi connectivity index (χ3n) is 4.75. The van der Waals surface area contributed by atoms with E-state index in [1.165, 1.54) is 21.8 Å². The van der Waals surface area contributed by atoms with E-state index in [1.807, 2.05) is 0 Å². The molecule has 1 aromatic heterocycles. The molecule has 0 bridgehead atoms. The van der Waals surface area contributed by atoms with Crippen LogP contribution in [0.25, 0.3) is 21.8 Å². The molecule has 0 radical (unpaired) electrons. The lowest BCUT2D eigenvalue weighted by Crippen LogP contribution is -2.27. The van der Waals surface area contributed by atoms with Crippen molar-refractivity contribution in [3.05, 3.63) is 48.5 Å². The first kappa shape index (κ1) is 13.8. The van der Waals surface area contributed by atoms with Crippen LogP contribution < -0.4 is 0 Å². The van der Waals surface area contributed by atoms with Gasteiger partial charge < -0.3 is 14.0 Å². The maximum Gasteiger partial charge on any atom is 0.176 e. The smallest absolute Gasteiger partial charge is 0.176 e. The maximum atomic E-state index is 6.13. The predicted octanol–water partition coefficient (Wildman–Crippen LogP) is 4.34. The lowest BCUT2D eigenvalue weighted by Gasteiger charge is -2.20. The quantitative estimate of drug-likeness (QED) is 0.717. The SMILES string of the molecule is CC[C@]1(C)CO[C@@H](Cn2c3ccccc3c3ccccc32)O1. The molecule has 1 aliphatic rings. The number of benzene rings is 2. The number of hydrogen-bond donors (Lipinski definition) is 0. The topological polar surface area (TPSA) is 23.4 Å². The van der Waals surface area contributed by atoms with Gasteiger partial charge in [0, 0.05) is 21.8 Å². The van der Waals surface area contributed by atoms with Crippen molar-refractivity contribution in [3.63, 3.8) is 0 Å². The zero-order valence-electron chi connectivity index (χ0n) is 13.1. The van der Waals surface area contributed by atoms with Crippen molar-refractivity contribution in [1.29, 1.82) is 0 Å². The van der Waals surface area contributed by atoms with Crippen molar-refractivity contribution >= 4 is 21.8 Å². The summed E-state index contributed by atoms with van der Waals surface area (Å²) in [6.45, 7) is 5.67. The van der Waals surface area contributed by atoms with Crippen molar-refractivity contribution < 1.29 is 9.47 Å². The van der Waals surface area contributed by atoms with Gasteiger partial charge in [0.05, 0.1) is 18.8 Å². The van der Waals surface area contributed by atoms with Gasteiger partial charge >= 0.3 is 0 Å². The van der Waals surface area contributed by atoms with E-state index in [9.17, 15) is 0 Å². The Bertz CT molecular complexity index is 769. The van der Waals surface area contributed by atoms with Gasteiger partial charge in [-0.25, -0.2) is 0 Å². The summed E-state index contributed by atoms with van der Waals surface area (Å²) in [5.74, 6) is 0. The van der Waals surface area contributed by atoms with Crippen LogP contribution in [0.2, 0.25) is 0 Å². The highest BCUT2D eigenvalue weighted by Crippen LogP contribution is 2.32. The third kappa shape index (κ3) is 2.13. The molecule has 22 heavy (non-hydrogen) atoms. The second kappa shape index (κ2) is 5.11. The minimum absolute atomic E-state index is 0.149. The molecule has 1 fully saturated rings. The van der Waals surface area contributed by atoms with E-state index in [-0.39, 0.29) is 11.9 Å². The number of ether oxygens (including phenoxy) is 2. The third-order valence-corrected chi connectivity index (χ3v) is 4.75. The molecule has 0 amide bonds. The predicted molar refractivity (Wildman–Crippen MR) is 89.0 cm³/mol. The van der Waals surface area contributed by atoms with Gasteiger partial charge in [0.15, 0.2) is 6.29 Å². The molecular formula is C19H21NO2. The van der Waals surface area contributed by atoms with Gasteiger partial charge in [-0.15, -0.1) is 0 Å². The Labute approximate surface area is 130 Å². The molecule has 0 saturated carbocycles. The molecule has 2 heterocycles. The molecule has 114 valence electrons. The van der Waals surface area contributed by atoms with Gasteiger partial charge in [-0.2, -0.15) is 0 Å². The van der Waals surface area contributed by atoms with Gasteiger partial charge in [0.1, 0.15) is 0 Å². The summed E-state index contributed by atoms with van der Waals surface area (Å²) < 4.78 is 14.3. The molecule has 3 nitrogen and oxygen atoms in total. The van der Waals surface area contributed by atoms with Gasteiger partial charge in [0.2, 0.25) is 0 Å². The normalized spacial score (nSPS) is 25.3. The van der Waals surface area contributed by atoms with Gasteiger partial charge in [-0.3, -0.25) is 0 Å². The summed E-state index contributed by atoms with van der Waals surface area (Å²) in [6.07, 6.45) is 0.792. The van der Waals surface area contributed by atoms with E-state index in [1.54, 1.807) is 0 Å². The minimum atomic E-state index is -0.177. The molecule has 1 saturated heterocycles. The van der Waals surface area contributed by atoms with E-state index in [4.69, 9.17) is 9.47 Å². The van der Waals surface area contributed by atoms with Gasteiger partial charge in [0.25, 0.3) is 0 Å². The molecule has 2 atom stereocenters. The fourth-order valence-electron chi connectivity index (χ4n) is 3.28. The van der Waals surface area contributed by atoms with Crippen molar-refractivity contribution in [2.24, 2.45) is 0 Å². The van der Waals surface area contributed by atoms with Crippen molar-refractivity contribution in [2.75, 3.05) is 6.61 Å². The Kier molecular flexibility index (Phi) is 3.21. The number of para-hydroxylation sites is 2. The first-order valence-corrected chi connectivity index (χ1v) is 7.95. The van der Waals surface area contributed by atoms with Crippen LogP contribution in [0.5, 0.6) is 0 Å². The van der Waals surface area contributed by atoms with E-state index in [0.717, 1.165) is 13.0 Å². The summed E-state index contributed by atoms with van der Waals surface area (Å²) in [5.41, 5.74) is 2.32. The highest BCUT2D eigenvalue weighted by molar-refractivity contribution is 6.07. The number of aromatic nitrogens is 1. The van der Waals surface area contributed by atoms with Gasteiger partial charge in [-0.05, 0) is 25.5 Å². The second-order valence-electron chi connectivity index (χ2n) is 6.31. The van der Waals surface area contributed by atoms with Crippen LogP contribution in [0.4, 0.5) is 0 Å². The minimum Gasteiger partial charge on any atom is -0.348 e. The highest BCUT2D eigenvalue weighted by atomic mass is 16.7. The average Bonchev–Trinajstić information content (AvgIpc) is 3.09. The standard InChI is InChI=1S/C19H21NO2/c1-3-19(2)13-21-18(22-19)12-20-16-10-6-4-8-14(16)15-9-5-7-11-17(15)20/h4-11,18H,3,12-13H2,1-2H3/t18-,19-/m1/s1. The molecule has 0 N–H and O–H groups in total. The summed E-state index contributed by atoms with van der Waals surface area (Å²) in [4.78, 5) is 0. The highest BCUT2D eigenvalue weighted by Gasteiger charge is 2.35. The average molecular weight is 295 g/mol. The largest absolute Gasteiger partial charge is 0.348 e. The van der Waals surface area contributed by atoms with Crippen molar-refractivity contribution in [3.8, 4) is 0 Å². The molecule has 0 unspecified atom stereocenters. The molecule has 1 aliphatic heterocycles. The first-order valence-electron chi connectivity index (χ1n) is 7.95. The van der Waals surface area contributed by atoms with E-state index < -0.39 is 0 Å². The number of rotatable bonds is 3. The molecule has 0 aliphatic carbocycles. The van der Waals surface area contributed by atoms with E-state index in [0.29, 0.717) is 6.61 Å². The monoisotopic (exact) mass is 295 g/mol. The Morgan fingerprint density at radius 2 is 1.64 bits per heavy atom. The van der Waals surface area contributed by atoms with E-state index >= 15 is 0 Å². The Morgan fingerprint density at radius 3 is 2.18 bits per heavy atom. The molecular weight excluding hydrogens is 274 g/mol. The summed E-state index contributed by atoms with van der Waals surface area (Å²) >= 11 is 0. The number of nitrogens with zero attached hydrogens (tertiary/aromatic N) is 1. The summed E-state index contributed by atoms with van der Waals surface area (Å²) in [5, 5.41) is 2.57. The van der Waals surface area contributed by atoms with Crippen LogP contribution in [0, 0.1) is 0 Å². The fraction of sp³-hybridized carbons (Fsp3) is 0.368. The number of fused-ring (bicyclic) bond motifs is 3. The zero-order chi connectivity index (χ0) is 15.2. The van der Waals surface area contributed by atoms with E-state index in [2.05, 4.69) is 66.9 Å². The lowest BCUT2D eigenvalue weighted by atomic mass is 10.1. The Balaban J connectivity index is 1.77. The first-order chi connectivity index (χ1) is 10.7. The molecule has 3 heteroatoms. The van der Waals surface area contributed by atoms with Crippen LogP contribution in [-0.2, 0) is 16.0 Å².